The van der Waals surface area contributed by atoms with Crippen LogP contribution < -0.4 is 4.74 Å². The Morgan fingerprint density at radius 1 is 1.39 bits per heavy atom. The molecule has 0 bridgehead atoms. The molecule has 2 aromatic rings. The lowest BCUT2D eigenvalue weighted by atomic mass is 10.1. The van der Waals surface area contributed by atoms with Crippen molar-refractivity contribution in [3.05, 3.63) is 50.7 Å². The van der Waals surface area contributed by atoms with Crippen molar-refractivity contribution in [3.8, 4) is 5.75 Å². The van der Waals surface area contributed by atoms with E-state index in [2.05, 4.69) is 0 Å². The number of para-hydroxylation sites is 1. The predicted molar refractivity (Wildman–Crippen MR) is 75.7 cm³/mol. The summed E-state index contributed by atoms with van der Waals surface area (Å²) in [5.41, 5.74) is 1.74. The Hall–Kier alpha value is -1.03. The zero-order chi connectivity index (χ0) is 13.1. The Kier molecular flexibility index (Phi) is 4.27. The van der Waals surface area contributed by atoms with Crippen molar-refractivity contribution in [1.82, 2.24) is 0 Å². The molecule has 0 aliphatic carbocycles. The molecule has 0 aliphatic heterocycles. The van der Waals surface area contributed by atoms with Gasteiger partial charge in [-0.25, -0.2) is 0 Å². The van der Waals surface area contributed by atoms with Crippen molar-refractivity contribution in [2.45, 2.75) is 20.0 Å². The van der Waals surface area contributed by atoms with Crippen molar-refractivity contribution in [2.24, 2.45) is 0 Å². The minimum absolute atomic E-state index is 0.570. The van der Waals surface area contributed by atoms with Crippen molar-refractivity contribution in [1.29, 1.82) is 0 Å². The summed E-state index contributed by atoms with van der Waals surface area (Å²) in [6, 6.07) is 7.50. The molecule has 2 rings (SSSR count). The van der Waals surface area contributed by atoms with E-state index in [1.54, 1.807) is 0 Å². The third-order valence-electron chi connectivity index (χ3n) is 2.69. The lowest BCUT2D eigenvalue weighted by Crippen LogP contribution is -2.03. The van der Waals surface area contributed by atoms with E-state index in [1.807, 2.05) is 43.5 Å². The highest BCUT2D eigenvalue weighted by atomic mass is 35.5. The highest BCUT2D eigenvalue weighted by Crippen LogP contribution is 2.38. The number of aryl methyl sites for hydroxylation is 1. The van der Waals surface area contributed by atoms with Gasteiger partial charge >= 0.3 is 0 Å². The van der Waals surface area contributed by atoms with Crippen LogP contribution in [-0.4, -0.2) is 11.7 Å². The molecule has 0 spiro atoms. The van der Waals surface area contributed by atoms with Gasteiger partial charge < -0.3 is 9.84 Å². The number of aliphatic hydroxyl groups is 1. The molecule has 2 nitrogen and oxygen atoms in total. The number of benzene rings is 1. The minimum Gasteiger partial charge on any atom is -0.493 e. The first-order valence-corrected chi connectivity index (χ1v) is 7.04. The number of thiophene rings is 1. The van der Waals surface area contributed by atoms with Gasteiger partial charge in [0, 0.05) is 5.56 Å². The lowest BCUT2D eigenvalue weighted by molar-refractivity contribution is 0.215. The molecule has 0 fully saturated rings. The van der Waals surface area contributed by atoms with Gasteiger partial charge in [-0.3, -0.25) is 0 Å². The quantitative estimate of drug-likeness (QED) is 0.911. The molecular formula is C14H15ClO2S. The number of halogens is 1. The van der Waals surface area contributed by atoms with Crippen LogP contribution in [0.5, 0.6) is 5.75 Å². The van der Waals surface area contributed by atoms with E-state index in [1.165, 1.54) is 11.3 Å². The van der Waals surface area contributed by atoms with Crippen LogP contribution in [0.4, 0.5) is 0 Å². The maximum Gasteiger partial charge on any atom is 0.125 e. The van der Waals surface area contributed by atoms with Gasteiger partial charge in [0.1, 0.15) is 11.9 Å². The number of aliphatic hydroxyl groups excluding tert-OH is 1. The molecular weight excluding hydrogens is 268 g/mol. The molecule has 4 heteroatoms. The van der Waals surface area contributed by atoms with Crippen LogP contribution >= 0.6 is 22.9 Å². The van der Waals surface area contributed by atoms with Crippen molar-refractivity contribution in [3.63, 3.8) is 0 Å². The summed E-state index contributed by atoms with van der Waals surface area (Å²) < 4.78 is 5.53. The Bertz CT molecular complexity index is 536. The molecule has 0 aliphatic rings. The third-order valence-corrected chi connectivity index (χ3v) is 4.45. The summed E-state index contributed by atoms with van der Waals surface area (Å²) in [7, 11) is 0. The predicted octanol–water partition coefficient (Wildman–Crippen LogP) is 4.19. The van der Waals surface area contributed by atoms with Crippen LogP contribution in [-0.2, 0) is 0 Å². The Morgan fingerprint density at radius 2 is 2.11 bits per heavy atom. The van der Waals surface area contributed by atoms with Gasteiger partial charge in [0.15, 0.2) is 0 Å². The zero-order valence-electron chi connectivity index (χ0n) is 10.3. The molecule has 96 valence electrons. The SMILES string of the molecule is CCOc1ccccc1C(O)c1scc(C)c1Cl. The van der Waals surface area contributed by atoms with E-state index < -0.39 is 6.10 Å². The fourth-order valence-corrected chi connectivity index (χ4v) is 3.07. The first-order chi connectivity index (χ1) is 8.65. The Morgan fingerprint density at radius 3 is 2.72 bits per heavy atom. The van der Waals surface area contributed by atoms with Gasteiger partial charge in [0.05, 0.1) is 16.5 Å². The van der Waals surface area contributed by atoms with E-state index in [-0.39, 0.29) is 0 Å². The van der Waals surface area contributed by atoms with Gasteiger partial charge in [-0.2, -0.15) is 0 Å². The number of hydrogen-bond donors (Lipinski definition) is 1. The van der Waals surface area contributed by atoms with E-state index in [9.17, 15) is 5.11 Å². The molecule has 1 unspecified atom stereocenters. The standard InChI is InChI=1S/C14H15ClO2S/c1-3-17-11-7-5-4-6-10(11)13(16)14-12(15)9(2)8-18-14/h4-8,13,16H,3H2,1-2H3. The average molecular weight is 283 g/mol. The average Bonchev–Trinajstić information content (AvgIpc) is 2.70. The van der Waals surface area contributed by atoms with Gasteiger partial charge in [-0.05, 0) is 30.9 Å². The van der Waals surface area contributed by atoms with Crippen LogP contribution in [0.3, 0.4) is 0 Å². The molecule has 1 heterocycles. The van der Waals surface area contributed by atoms with Crippen LogP contribution in [0.1, 0.15) is 29.0 Å². The van der Waals surface area contributed by atoms with E-state index in [0.29, 0.717) is 17.4 Å². The van der Waals surface area contributed by atoms with Crippen LogP contribution in [0, 0.1) is 6.92 Å². The molecule has 1 aromatic carbocycles. The van der Waals surface area contributed by atoms with Crippen molar-refractivity contribution >= 4 is 22.9 Å². The summed E-state index contributed by atoms with van der Waals surface area (Å²) in [5.74, 6) is 0.703. The molecule has 1 atom stereocenters. The smallest absolute Gasteiger partial charge is 0.125 e. The van der Waals surface area contributed by atoms with Crippen LogP contribution in [0.15, 0.2) is 29.6 Å². The molecule has 1 aromatic heterocycles. The third kappa shape index (κ3) is 2.53. The Balaban J connectivity index is 2.39. The van der Waals surface area contributed by atoms with Gasteiger partial charge in [0.2, 0.25) is 0 Å². The topological polar surface area (TPSA) is 29.5 Å². The van der Waals surface area contributed by atoms with Gasteiger partial charge in [0.25, 0.3) is 0 Å². The molecule has 1 N–H and O–H groups in total. The maximum absolute atomic E-state index is 10.4. The summed E-state index contributed by atoms with van der Waals surface area (Å²) >= 11 is 7.66. The van der Waals surface area contributed by atoms with Gasteiger partial charge in [-0.15, -0.1) is 11.3 Å². The van der Waals surface area contributed by atoms with E-state index in [0.717, 1.165) is 16.0 Å². The molecule has 0 saturated heterocycles. The fourth-order valence-electron chi connectivity index (χ4n) is 1.77. The maximum atomic E-state index is 10.4. The fraction of sp³-hybridized carbons (Fsp3) is 0.286. The summed E-state index contributed by atoms with van der Waals surface area (Å²) in [6.07, 6.45) is -0.737. The molecule has 18 heavy (non-hydrogen) atoms. The zero-order valence-corrected chi connectivity index (χ0v) is 11.9. The van der Waals surface area contributed by atoms with Crippen molar-refractivity contribution in [2.75, 3.05) is 6.61 Å². The highest BCUT2D eigenvalue weighted by Gasteiger charge is 2.20. The molecule has 0 radical (unpaired) electrons. The number of rotatable bonds is 4. The second kappa shape index (κ2) is 5.74. The van der Waals surface area contributed by atoms with Gasteiger partial charge in [-0.1, -0.05) is 29.8 Å². The summed E-state index contributed by atoms with van der Waals surface area (Å²) in [5, 5.41) is 13.0. The van der Waals surface area contributed by atoms with E-state index >= 15 is 0 Å². The van der Waals surface area contributed by atoms with Crippen LogP contribution in [0.2, 0.25) is 5.02 Å². The monoisotopic (exact) mass is 282 g/mol. The Labute approximate surface area is 116 Å². The highest BCUT2D eigenvalue weighted by molar-refractivity contribution is 7.10. The van der Waals surface area contributed by atoms with Crippen molar-refractivity contribution < 1.29 is 9.84 Å². The molecule has 0 amide bonds. The number of hydrogen-bond acceptors (Lipinski definition) is 3. The minimum atomic E-state index is -0.737. The van der Waals surface area contributed by atoms with Crippen LogP contribution in [0.25, 0.3) is 0 Å². The lowest BCUT2D eigenvalue weighted by Gasteiger charge is -2.15. The number of ether oxygens (including phenoxy) is 1. The largest absolute Gasteiger partial charge is 0.493 e. The summed E-state index contributed by atoms with van der Waals surface area (Å²) in [4.78, 5) is 0.765. The molecule has 0 saturated carbocycles. The normalized spacial score (nSPS) is 12.4. The first-order valence-electron chi connectivity index (χ1n) is 5.78. The van der Waals surface area contributed by atoms with E-state index in [4.69, 9.17) is 16.3 Å². The second-order valence-corrected chi connectivity index (χ2v) is 5.26. The first kappa shape index (κ1) is 13.4. The summed E-state index contributed by atoms with van der Waals surface area (Å²) in [6.45, 7) is 4.43. The second-order valence-electron chi connectivity index (χ2n) is 3.97.